The number of hydrogen-bond donors (Lipinski definition) is 0. The smallest absolute Gasteiger partial charge is 0.348 e. The van der Waals surface area contributed by atoms with Crippen LogP contribution in [0.2, 0.25) is 0 Å². The molecule has 0 aliphatic heterocycles. The molecule has 0 atom stereocenters. The summed E-state index contributed by atoms with van der Waals surface area (Å²) in [5.41, 5.74) is 2.18. The Hall–Kier alpha value is -1.36. The fourth-order valence-electron chi connectivity index (χ4n) is 2.04. The molecule has 98 valence electrons. The van der Waals surface area contributed by atoms with E-state index < -0.39 is 0 Å². The molecule has 0 aliphatic carbocycles. The number of esters is 1. The van der Waals surface area contributed by atoms with Crippen molar-refractivity contribution in [3.05, 3.63) is 30.1 Å². The van der Waals surface area contributed by atoms with Crippen molar-refractivity contribution in [2.24, 2.45) is 7.05 Å². The van der Waals surface area contributed by atoms with E-state index in [9.17, 15) is 4.79 Å². The van der Waals surface area contributed by atoms with Crippen LogP contribution in [0.15, 0.2) is 24.3 Å². The molecule has 0 N–H and O–H groups in total. The van der Waals surface area contributed by atoms with Gasteiger partial charge in [-0.05, 0) is 19.1 Å². The Balaban J connectivity index is 0.00000162. The zero-order valence-corrected chi connectivity index (χ0v) is 12.4. The van der Waals surface area contributed by atoms with Crippen LogP contribution in [0.5, 0.6) is 0 Å². The topological polar surface area (TPSA) is 35.1 Å². The highest BCUT2D eigenvalue weighted by Gasteiger charge is 2.20. The first-order valence-corrected chi connectivity index (χ1v) is 5.74. The second kappa shape index (κ2) is 6.00. The van der Waals surface area contributed by atoms with E-state index in [2.05, 4.69) is 4.57 Å². The van der Waals surface area contributed by atoms with Gasteiger partial charge in [-0.1, -0.05) is 12.1 Å². The van der Waals surface area contributed by atoms with Crippen LogP contribution in [-0.2, 0) is 23.1 Å². The van der Waals surface area contributed by atoms with Crippen molar-refractivity contribution < 1.29 is 31.1 Å². The van der Waals surface area contributed by atoms with Gasteiger partial charge in [-0.3, -0.25) is 0 Å². The van der Waals surface area contributed by atoms with Gasteiger partial charge in [0.25, 0.3) is 5.82 Å². The molecular formula is C13H17BrN2O2. The Morgan fingerprint density at radius 2 is 2.06 bits per heavy atom. The van der Waals surface area contributed by atoms with E-state index in [-0.39, 0.29) is 29.5 Å². The number of rotatable bonds is 3. The Kier molecular flexibility index (Phi) is 4.90. The number of imidazole rings is 1. The van der Waals surface area contributed by atoms with Gasteiger partial charge in [0, 0.05) is 6.92 Å². The number of carbonyl (C=O) groups is 1. The SMILES string of the molecule is CCOC(=O)Cn1c(C)[n+](C)c2ccccc21.[Br-]. The van der Waals surface area contributed by atoms with Gasteiger partial charge >= 0.3 is 5.97 Å². The molecule has 5 heteroatoms. The van der Waals surface area contributed by atoms with E-state index in [0.717, 1.165) is 16.9 Å². The second-order valence-electron chi connectivity index (χ2n) is 3.99. The summed E-state index contributed by atoms with van der Waals surface area (Å²) in [6, 6.07) is 8.03. The molecule has 4 nitrogen and oxygen atoms in total. The van der Waals surface area contributed by atoms with E-state index in [1.165, 1.54) is 0 Å². The largest absolute Gasteiger partial charge is 1.00 e. The predicted octanol–water partition coefficient (Wildman–Crippen LogP) is -1.66. The Labute approximate surface area is 117 Å². The Morgan fingerprint density at radius 3 is 2.72 bits per heavy atom. The average Bonchev–Trinajstić information content (AvgIpc) is 2.56. The predicted molar refractivity (Wildman–Crippen MR) is 64.5 cm³/mol. The van der Waals surface area contributed by atoms with E-state index in [1.54, 1.807) is 0 Å². The molecular weight excluding hydrogens is 296 g/mol. The van der Waals surface area contributed by atoms with Crippen LogP contribution in [-0.4, -0.2) is 17.1 Å². The van der Waals surface area contributed by atoms with Crippen LogP contribution >= 0.6 is 0 Å². The number of fused-ring (bicyclic) bond motifs is 1. The number of aromatic nitrogens is 2. The van der Waals surface area contributed by atoms with E-state index in [1.807, 2.05) is 49.7 Å². The monoisotopic (exact) mass is 312 g/mol. The molecule has 1 aromatic carbocycles. The quantitative estimate of drug-likeness (QED) is 0.502. The fraction of sp³-hybridized carbons (Fsp3) is 0.385. The van der Waals surface area contributed by atoms with Gasteiger partial charge in [-0.15, -0.1) is 0 Å². The first-order chi connectivity index (χ1) is 8.15. The maximum atomic E-state index is 11.6. The lowest BCUT2D eigenvalue weighted by atomic mass is 10.3. The molecule has 0 radical (unpaired) electrons. The number of aryl methyl sites for hydroxylation is 1. The lowest BCUT2D eigenvalue weighted by Crippen LogP contribution is -3.00. The third kappa shape index (κ3) is 2.56. The van der Waals surface area contributed by atoms with Crippen molar-refractivity contribution in [3.8, 4) is 0 Å². The molecule has 0 fully saturated rings. The highest BCUT2D eigenvalue weighted by atomic mass is 79.9. The molecule has 0 bridgehead atoms. The average molecular weight is 313 g/mol. The lowest BCUT2D eigenvalue weighted by molar-refractivity contribution is -0.652. The van der Waals surface area contributed by atoms with Gasteiger partial charge < -0.3 is 21.7 Å². The molecule has 0 saturated carbocycles. The van der Waals surface area contributed by atoms with Gasteiger partial charge in [0.05, 0.1) is 13.7 Å². The van der Waals surface area contributed by atoms with Crippen molar-refractivity contribution in [2.75, 3.05) is 6.61 Å². The number of carbonyl (C=O) groups excluding carboxylic acids is 1. The van der Waals surface area contributed by atoms with Crippen molar-refractivity contribution in [2.45, 2.75) is 20.4 Å². The number of nitrogens with zero attached hydrogens (tertiary/aromatic N) is 2. The van der Waals surface area contributed by atoms with Crippen molar-refractivity contribution >= 4 is 17.0 Å². The highest BCUT2D eigenvalue weighted by molar-refractivity contribution is 5.76. The van der Waals surface area contributed by atoms with Gasteiger partial charge in [-0.2, -0.15) is 0 Å². The van der Waals surface area contributed by atoms with Crippen LogP contribution in [0.25, 0.3) is 11.0 Å². The van der Waals surface area contributed by atoms with E-state index in [4.69, 9.17) is 4.74 Å². The summed E-state index contributed by atoms with van der Waals surface area (Å²) in [6.07, 6.45) is 0. The van der Waals surface area contributed by atoms with Crippen molar-refractivity contribution in [3.63, 3.8) is 0 Å². The fourth-order valence-corrected chi connectivity index (χ4v) is 2.04. The molecule has 18 heavy (non-hydrogen) atoms. The molecule has 0 unspecified atom stereocenters. The normalized spacial score (nSPS) is 10.2. The molecule has 1 aromatic heterocycles. The molecule has 0 saturated heterocycles. The number of benzene rings is 1. The van der Waals surface area contributed by atoms with Crippen LogP contribution in [0, 0.1) is 6.92 Å². The summed E-state index contributed by atoms with van der Waals surface area (Å²) in [5.74, 6) is 0.844. The van der Waals surface area contributed by atoms with E-state index >= 15 is 0 Å². The number of hydrogen-bond acceptors (Lipinski definition) is 2. The van der Waals surface area contributed by atoms with Crippen LogP contribution in [0.4, 0.5) is 0 Å². The lowest BCUT2D eigenvalue weighted by Gasteiger charge is -2.00. The van der Waals surface area contributed by atoms with Crippen LogP contribution in [0.1, 0.15) is 12.7 Å². The molecule has 1 heterocycles. The standard InChI is InChI=1S/C13H17N2O2.BrH/c1-4-17-13(16)9-15-10(2)14(3)11-7-5-6-8-12(11)15;/h5-8H,4,9H2,1-3H3;1H/q+1;/p-1. The third-order valence-corrected chi connectivity index (χ3v) is 3.00. The Bertz CT molecular complexity index is 563. The van der Waals surface area contributed by atoms with Crippen molar-refractivity contribution in [1.82, 2.24) is 4.57 Å². The third-order valence-electron chi connectivity index (χ3n) is 3.00. The molecule has 0 spiro atoms. The minimum absolute atomic E-state index is 0. The number of halogens is 1. The summed E-state index contributed by atoms with van der Waals surface area (Å²) in [6.45, 7) is 4.50. The summed E-state index contributed by atoms with van der Waals surface area (Å²) >= 11 is 0. The first kappa shape index (κ1) is 14.7. The zero-order chi connectivity index (χ0) is 12.4. The summed E-state index contributed by atoms with van der Waals surface area (Å²) < 4.78 is 9.05. The molecule has 0 aliphatic rings. The minimum atomic E-state index is -0.197. The Morgan fingerprint density at radius 1 is 1.39 bits per heavy atom. The first-order valence-electron chi connectivity index (χ1n) is 5.74. The highest BCUT2D eigenvalue weighted by Crippen LogP contribution is 2.13. The van der Waals surface area contributed by atoms with Gasteiger partial charge in [-0.25, -0.2) is 13.9 Å². The maximum Gasteiger partial charge on any atom is 0.348 e. The molecule has 2 rings (SSSR count). The van der Waals surface area contributed by atoms with Crippen LogP contribution < -0.4 is 21.5 Å². The maximum absolute atomic E-state index is 11.6. The number of para-hydroxylation sites is 2. The number of ether oxygens (including phenoxy) is 1. The van der Waals surface area contributed by atoms with E-state index in [0.29, 0.717) is 6.61 Å². The minimum Gasteiger partial charge on any atom is -1.00 e. The van der Waals surface area contributed by atoms with Crippen LogP contribution in [0.3, 0.4) is 0 Å². The summed E-state index contributed by atoms with van der Waals surface area (Å²) in [5, 5.41) is 0. The second-order valence-corrected chi connectivity index (χ2v) is 3.99. The molecule has 2 aromatic rings. The summed E-state index contributed by atoms with van der Waals surface area (Å²) in [4.78, 5) is 11.6. The van der Waals surface area contributed by atoms with Crippen molar-refractivity contribution in [1.29, 1.82) is 0 Å². The van der Waals surface area contributed by atoms with Gasteiger partial charge in [0.2, 0.25) is 0 Å². The van der Waals surface area contributed by atoms with Gasteiger partial charge in [0.15, 0.2) is 17.6 Å². The summed E-state index contributed by atoms with van der Waals surface area (Å²) in [7, 11) is 2.00. The molecule has 0 amide bonds. The van der Waals surface area contributed by atoms with Gasteiger partial charge in [0.1, 0.15) is 0 Å². The zero-order valence-electron chi connectivity index (χ0n) is 10.8.